The van der Waals surface area contributed by atoms with E-state index >= 15 is 0 Å². The molecule has 322 valence electrons. The van der Waals surface area contributed by atoms with Crippen LogP contribution in [0.1, 0.15) is 0 Å². The predicted octanol–water partition coefficient (Wildman–Crippen LogP) is -11.1. The number of nitrogens with one attached hydrogen (secondary N) is 2. The topological polar surface area (TPSA) is 485 Å². The number of carboxylic acids is 2. The second-order valence-electron chi connectivity index (χ2n) is 12.2. The molecule has 19 atom stereocenters. The number of ether oxygens (including phenoxy) is 6. The lowest BCUT2D eigenvalue weighted by Crippen LogP contribution is -2.70. The standard InChI is InChI=1S/C24H42N2O27S2/c27-1-4(30)9(31)17(15(37)20(38)39)51-23-8(26-55(45,46)47)12(34)16(6(3-29)49-23)50-24-14(36)13(35)18(19(53-24)21(40)41)52-22-7(25-54(42,43)44)11(33)10(32)5(2-28)48-22/h4-19,22-37H,1-3H2,(H,38,39)(H,40,41)(H,42,43,44)(H,45,46,47)/t4-,5+,6+,7+,8+,9+,10+,11+,12+,13+,14+,15+,16+,17-,18-,19+,22+,23+,24+/m0/s1. The number of rotatable bonds is 18. The van der Waals surface area contributed by atoms with E-state index in [4.69, 9.17) is 28.4 Å². The van der Waals surface area contributed by atoms with Gasteiger partial charge in [0.25, 0.3) is 0 Å². The molecule has 0 aromatic heterocycles. The summed E-state index contributed by atoms with van der Waals surface area (Å²) >= 11 is 0. The van der Waals surface area contributed by atoms with E-state index in [2.05, 4.69) is 0 Å². The zero-order chi connectivity index (χ0) is 41.9. The van der Waals surface area contributed by atoms with Crippen LogP contribution >= 0.6 is 0 Å². The van der Waals surface area contributed by atoms with Crippen molar-refractivity contribution in [1.29, 1.82) is 0 Å². The number of hydrogen-bond acceptors (Lipinski definition) is 23. The Kier molecular flexibility index (Phi) is 16.5. The van der Waals surface area contributed by atoms with E-state index in [0.29, 0.717) is 0 Å². The number of hydrogen-bond donors (Lipinski definition) is 17. The van der Waals surface area contributed by atoms with Gasteiger partial charge in [0.15, 0.2) is 31.1 Å². The molecule has 0 aliphatic carbocycles. The van der Waals surface area contributed by atoms with E-state index < -0.39 is 169 Å². The van der Waals surface area contributed by atoms with Crippen molar-refractivity contribution in [2.24, 2.45) is 0 Å². The Morgan fingerprint density at radius 3 is 1.64 bits per heavy atom. The molecule has 0 aromatic carbocycles. The highest BCUT2D eigenvalue weighted by atomic mass is 32.2. The minimum Gasteiger partial charge on any atom is -0.479 e. The van der Waals surface area contributed by atoms with Crippen molar-refractivity contribution in [2.45, 2.75) is 116 Å². The first kappa shape index (κ1) is 47.4. The van der Waals surface area contributed by atoms with Crippen molar-refractivity contribution in [3.63, 3.8) is 0 Å². The van der Waals surface area contributed by atoms with Gasteiger partial charge in [0.1, 0.15) is 85.3 Å². The van der Waals surface area contributed by atoms with E-state index in [1.165, 1.54) is 9.44 Å². The summed E-state index contributed by atoms with van der Waals surface area (Å²) < 4.78 is 99.9. The molecule has 0 spiro atoms. The molecule has 0 unspecified atom stereocenters. The van der Waals surface area contributed by atoms with Gasteiger partial charge in [-0.3, -0.25) is 9.11 Å². The maximum atomic E-state index is 12.3. The van der Waals surface area contributed by atoms with Gasteiger partial charge < -0.3 is 94.8 Å². The molecule has 3 heterocycles. The summed E-state index contributed by atoms with van der Waals surface area (Å²) in [7, 11) is -10.7. The van der Waals surface area contributed by atoms with E-state index in [-0.39, 0.29) is 0 Å². The van der Waals surface area contributed by atoms with Gasteiger partial charge in [0.05, 0.1) is 19.8 Å². The number of carboxylic acid groups (broad SMARTS) is 2. The lowest BCUT2D eigenvalue weighted by Gasteiger charge is -2.48. The third-order valence-electron chi connectivity index (χ3n) is 8.45. The molecule has 3 rings (SSSR count). The number of aliphatic carboxylic acids is 2. The maximum absolute atomic E-state index is 12.3. The second-order valence-corrected chi connectivity index (χ2v) is 14.6. The molecule has 55 heavy (non-hydrogen) atoms. The number of aliphatic hydroxyl groups is 11. The molecule has 0 bridgehead atoms. The highest BCUT2D eigenvalue weighted by Gasteiger charge is 2.56. The van der Waals surface area contributed by atoms with Crippen molar-refractivity contribution in [3.8, 4) is 0 Å². The maximum Gasteiger partial charge on any atom is 0.335 e. The molecule has 0 saturated carbocycles. The molecule has 0 radical (unpaired) electrons. The molecule has 3 saturated heterocycles. The van der Waals surface area contributed by atoms with Crippen molar-refractivity contribution in [2.75, 3.05) is 19.8 Å². The fraction of sp³-hybridized carbons (Fsp3) is 0.917. The van der Waals surface area contributed by atoms with Crippen LogP contribution in [0.15, 0.2) is 0 Å². The normalized spacial score (nSPS) is 39.8. The van der Waals surface area contributed by atoms with E-state index in [0.717, 1.165) is 0 Å². The lowest BCUT2D eigenvalue weighted by atomic mass is 9.95. The van der Waals surface area contributed by atoms with Crippen LogP contribution in [0, 0.1) is 0 Å². The molecule has 3 aliphatic heterocycles. The first-order valence-corrected chi connectivity index (χ1v) is 18.4. The van der Waals surface area contributed by atoms with Gasteiger partial charge in [-0.05, 0) is 0 Å². The van der Waals surface area contributed by atoms with Crippen LogP contribution in [0.25, 0.3) is 0 Å². The van der Waals surface area contributed by atoms with Crippen LogP contribution < -0.4 is 9.44 Å². The summed E-state index contributed by atoms with van der Waals surface area (Å²) in [6.07, 6.45) is -39.6. The molecule has 0 amide bonds. The van der Waals surface area contributed by atoms with E-state index in [9.17, 15) is 102 Å². The monoisotopic (exact) mass is 854 g/mol. The van der Waals surface area contributed by atoms with Gasteiger partial charge in [-0.25, -0.2) is 9.59 Å². The van der Waals surface area contributed by atoms with Gasteiger partial charge in [0, 0.05) is 0 Å². The summed E-state index contributed by atoms with van der Waals surface area (Å²) in [4.78, 5) is 23.8. The van der Waals surface area contributed by atoms with Gasteiger partial charge in [0.2, 0.25) is 0 Å². The van der Waals surface area contributed by atoms with Crippen LogP contribution in [-0.2, 0) is 58.6 Å². The van der Waals surface area contributed by atoms with E-state index in [1.807, 2.05) is 0 Å². The molecule has 29 nitrogen and oxygen atoms in total. The first-order chi connectivity index (χ1) is 25.4. The molecular formula is C24H42N2O27S2. The zero-order valence-electron chi connectivity index (χ0n) is 27.5. The van der Waals surface area contributed by atoms with Gasteiger partial charge in [-0.2, -0.15) is 26.3 Å². The zero-order valence-corrected chi connectivity index (χ0v) is 29.1. The first-order valence-electron chi connectivity index (χ1n) is 15.5. The average Bonchev–Trinajstić information content (AvgIpc) is 3.09. The summed E-state index contributed by atoms with van der Waals surface area (Å²) in [6.45, 7) is -3.56. The van der Waals surface area contributed by atoms with Gasteiger partial charge in [-0.1, -0.05) is 0 Å². The van der Waals surface area contributed by atoms with Crippen LogP contribution in [0.4, 0.5) is 0 Å². The second kappa shape index (κ2) is 19.2. The van der Waals surface area contributed by atoms with Crippen LogP contribution in [-0.4, -0.2) is 240 Å². The van der Waals surface area contributed by atoms with Crippen LogP contribution in [0.3, 0.4) is 0 Å². The molecule has 31 heteroatoms. The molecular weight excluding hydrogens is 812 g/mol. The number of aliphatic hydroxyl groups excluding tert-OH is 11. The summed E-state index contributed by atoms with van der Waals surface area (Å²) in [5.74, 6) is -4.13. The number of carbonyl (C=O) groups is 2. The largest absolute Gasteiger partial charge is 0.479 e. The highest BCUT2D eigenvalue weighted by Crippen LogP contribution is 2.34. The minimum absolute atomic E-state index is 1.05. The van der Waals surface area contributed by atoms with Crippen molar-refractivity contribution in [3.05, 3.63) is 0 Å². The Morgan fingerprint density at radius 2 is 1.16 bits per heavy atom. The van der Waals surface area contributed by atoms with Crippen molar-refractivity contribution in [1.82, 2.24) is 9.44 Å². The van der Waals surface area contributed by atoms with Crippen molar-refractivity contribution >= 4 is 32.5 Å². The quantitative estimate of drug-likeness (QED) is 0.0569. The summed E-state index contributed by atoms with van der Waals surface area (Å²) in [5, 5.41) is 132. The molecule has 0 aromatic rings. The Bertz CT molecular complexity index is 1510. The third-order valence-corrected chi connectivity index (χ3v) is 9.59. The third kappa shape index (κ3) is 11.6. The van der Waals surface area contributed by atoms with E-state index in [1.54, 1.807) is 0 Å². The molecule has 3 aliphatic rings. The summed E-state index contributed by atoms with van der Waals surface area (Å²) in [6, 6.07) is -4.58. The predicted molar refractivity (Wildman–Crippen MR) is 162 cm³/mol. The minimum atomic E-state index is -5.43. The van der Waals surface area contributed by atoms with Crippen molar-refractivity contribution < 1.29 is 130 Å². The van der Waals surface area contributed by atoms with Crippen LogP contribution in [0.2, 0.25) is 0 Å². The fourth-order valence-electron chi connectivity index (χ4n) is 5.72. The summed E-state index contributed by atoms with van der Waals surface area (Å²) in [5.41, 5.74) is 0. The smallest absolute Gasteiger partial charge is 0.335 e. The Morgan fingerprint density at radius 1 is 0.655 bits per heavy atom. The SMILES string of the molecule is O=C(O)[C@H](O)[C@@H](O[C@H]1O[C@H](CO)[C@@H](O[C@@H]2O[C@@H](C(=O)O)[C@@H](O[C@H]3O[C@H](CO)[C@@H](O)[C@H](O)[C@H]3NS(=O)(=O)O)[C@H](O)[C@H]2O)[C@H](O)[C@H]1NS(=O)(=O)O)[C@H](O)[C@@H](O)CO. The van der Waals surface area contributed by atoms with Gasteiger partial charge in [-0.15, -0.1) is 0 Å². The fourth-order valence-corrected chi connectivity index (χ4v) is 6.91. The Labute approximate surface area is 308 Å². The Hall–Kier alpha value is -2.00. The van der Waals surface area contributed by atoms with Gasteiger partial charge >= 0.3 is 32.5 Å². The molecule has 3 fully saturated rings. The molecule has 17 N–H and O–H groups in total. The Balaban J connectivity index is 1.94. The average molecular weight is 855 g/mol. The highest BCUT2D eigenvalue weighted by molar-refractivity contribution is 7.84. The lowest BCUT2D eigenvalue weighted by molar-refractivity contribution is -0.365. The van der Waals surface area contributed by atoms with Crippen LogP contribution in [0.5, 0.6) is 0 Å².